The van der Waals surface area contributed by atoms with Crippen LogP contribution in [0.4, 0.5) is 5.69 Å². The van der Waals surface area contributed by atoms with E-state index in [2.05, 4.69) is 15.5 Å². The number of nitrogens with one attached hydrogen (secondary N) is 2. The molecule has 7 nitrogen and oxygen atoms in total. The molecule has 0 saturated heterocycles. The predicted molar refractivity (Wildman–Crippen MR) is 108 cm³/mol. The van der Waals surface area contributed by atoms with Gasteiger partial charge in [0.15, 0.2) is 5.16 Å². The molecular formula is C20H20N4O3S. The number of rotatable bonds is 7. The summed E-state index contributed by atoms with van der Waals surface area (Å²) in [7, 11) is 1.60. The van der Waals surface area contributed by atoms with Crippen LogP contribution in [-0.4, -0.2) is 27.8 Å². The normalized spacial score (nSPS) is 14.5. The summed E-state index contributed by atoms with van der Waals surface area (Å²) in [6.07, 6.45) is 1.92. The zero-order valence-electron chi connectivity index (χ0n) is 15.3. The van der Waals surface area contributed by atoms with Gasteiger partial charge in [0, 0.05) is 11.7 Å². The minimum Gasteiger partial charge on any atom is -0.497 e. The van der Waals surface area contributed by atoms with E-state index >= 15 is 0 Å². The maximum Gasteiger partial charge on any atom is 0.344 e. The lowest BCUT2D eigenvalue weighted by molar-refractivity contribution is -0.115. The van der Waals surface area contributed by atoms with Crippen molar-refractivity contribution in [1.82, 2.24) is 14.8 Å². The summed E-state index contributed by atoms with van der Waals surface area (Å²) < 4.78 is 6.81. The number of ether oxygens (including phenoxy) is 1. The highest BCUT2D eigenvalue weighted by Gasteiger charge is 2.31. The van der Waals surface area contributed by atoms with Crippen molar-refractivity contribution in [2.24, 2.45) is 0 Å². The Hall–Kier alpha value is -3.00. The molecule has 1 heterocycles. The number of H-pyrrole nitrogens is 1. The molecule has 0 radical (unpaired) electrons. The van der Waals surface area contributed by atoms with Crippen LogP contribution < -0.4 is 15.7 Å². The highest BCUT2D eigenvalue weighted by Crippen LogP contribution is 2.40. The third kappa shape index (κ3) is 3.96. The Morgan fingerprint density at radius 3 is 2.57 bits per heavy atom. The number of aromatic amines is 1. The van der Waals surface area contributed by atoms with E-state index in [-0.39, 0.29) is 17.6 Å². The van der Waals surface area contributed by atoms with E-state index in [1.165, 1.54) is 11.8 Å². The lowest BCUT2D eigenvalue weighted by atomic mass is 10.1. The summed E-state index contributed by atoms with van der Waals surface area (Å²) in [5.74, 6) is 0.538. The number of benzene rings is 2. The van der Waals surface area contributed by atoms with Crippen LogP contribution in [0.2, 0.25) is 0 Å². The second-order valence-corrected chi connectivity index (χ2v) is 7.61. The molecule has 1 amide bonds. The lowest BCUT2D eigenvalue weighted by Gasteiger charge is -2.17. The van der Waals surface area contributed by atoms with Crippen LogP contribution in [-0.2, 0) is 4.79 Å². The first-order valence-corrected chi connectivity index (χ1v) is 9.87. The highest BCUT2D eigenvalue weighted by molar-refractivity contribution is 8.00. The third-order valence-corrected chi connectivity index (χ3v) is 5.73. The van der Waals surface area contributed by atoms with Crippen LogP contribution in [0.1, 0.15) is 29.7 Å². The molecular weight excluding hydrogens is 376 g/mol. The molecule has 1 aromatic heterocycles. The molecule has 2 N–H and O–H groups in total. The van der Waals surface area contributed by atoms with Gasteiger partial charge in [0.2, 0.25) is 5.91 Å². The van der Waals surface area contributed by atoms with E-state index in [0.29, 0.717) is 10.8 Å². The standard InChI is InChI=1S/C20H20N4O3S/c1-27-16-11-7-14(8-12-16)21-18(25)17(13-5-3-2-4-6-13)28-20-23-22-19(26)24(20)15-9-10-15/h2-8,11-12,15,17H,9-10H2,1H3,(H,21,25)(H,22,26)/t17-/m0/s1. The van der Waals surface area contributed by atoms with Crippen LogP contribution in [0.3, 0.4) is 0 Å². The number of nitrogens with zero attached hydrogens (tertiary/aromatic N) is 2. The summed E-state index contributed by atoms with van der Waals surface area (Å²) in [6, 6.07) is 16.8. The topological polar surface area (TPSA) is 89.0 Å². The van der Waals surface area contributed by atoms with Crippen molar-refractivity contribution in [1.29, 1.82) is 0 Å². The maximum absolute atomic E-state index is 13.1. The fraction of sp³-hybridized carbons (Fsp3) is 0.250. The Balaban J connectivity index is 1.60. The maximum atomic E-state index is 13.1. The zero-order valence-corrected chi connectivity index (χ0v) is 16.1. The van der Waals surface area contributed by atoms with Crippen molar-refractivity contribution in [3.8, 4) is 5.75 Å². The van der Waals surface area contributed by atoms with E-state index in [1.807, 2.05) is 30.3 Å². The van der Waals surface area contributed by atoms with Crippen LogP contribution in [0.25, 0.3) is 0 Å². The minimum atomic E-state index is -0.545. The van der Waals surface area contributed by atoms with Crippen molar-refractivity contribution >= 4 is 23.4 Å². The summed E-state index contributed by atoms with van der Waals surface area (Å²) in [5, 5.41) is 9.58. The van der Waals surface area contributed by atoms with E-state index < -0.39 is 5.25 Å². The van der Waals surface area contributed by atoms with Gasteiger partial charge in [-0.25, -0.2) is 9.89 Å². The quantitative estimate of drug-likeness (QED) is 0.598. The second kappa shape index (κ2) is 7.93. The molecule has 2 aromatic carbocycles. The van der Waals surface area contributed by atoms with Gasteiger partial charge in [0.05, 0.1) is 7.11 Å². The molecule has 4 rings (SSSR count). The molecule has 1 aliphatic carbocycles. The van der Waals surface area contributed by atoms with E-state index in [1.54, 1.807) is 35.9 Å². The molecule has 0 aliphatic heterocycles. The number of anilines is 1. The SMILES string of the molecule is COc1ccc(NC(=O)[C@@H](Sc2n[nH]c(=O)n2C2CC2)c2ccccc2)cc1. The number of carbonyl (C=O) groups is 1. The third-order valence-electron chi connectivity index (χ3n) is 4.51. The second-order valence-electron chi connectivity index (χ2n) is 6.54. The monoisotopic (exact) mass is 396 g/mol. The Bertz CT molecular complexity index is 1010. The largest absolute Gasteiger partial charge is 0.497 e. The number of aromatic nitrogens is 3. The Kier molecular flexibility index (Phi) is 5.21. The average Bonchev–Trinajstić information content (AvgIpc) is 3.49. The van der Waals surface area contributed by atoms with Gasteiger partial charge in [-0.15, -0.1) is 5.10 Å². The highest BCUT2D eigenvalue weighted by atomic mass is 32.2. The average molecular weight is 396 g/mol. The van der Waals surface area contributed by atoms with Gasteiger partial charge in [-0.1, -0.05) is 42.1 Å². The Morgan fingerprint density at radius 1 is 1.21 bits per heavy atom. The Morgan fingerprint density at radius 2 is 1.93 bits per heavy atom. The van der Waals surface area contributed by atoms with Crippen molar-refractivity contribution in [3.05, 3.63) is 70.6 Å². The number of hydrogen-bond donors (Lipinski definition) is 2. The molecule has 0 unspecified atom stereocenters. The van der Waals surface area contributed by atoms with E-state index in [4.69, 9.17) is 4.74 Å². The number of carbonyl (C=O) groups excluding carboxylic acids is 1. The van der Waals surface area contributed by atoms with Crippen LogP contribution in [0.15, 0.2) is 64.5 Å². The molecule has 8 heteroatoms. The number of methoxy groups -OCH3 is 1. The van der Waals surface area contributed by atoms with Gasteiger partial charge in [-0.05, 0) is 42.7 Å². The lowest BCUT2D eigenvalue weighted by Crippen LogP contribution is -2.21. The fourth-order valence-electron chi connectivity index (χ4n) is 2.92. The molecule has 1 aliphatic rings. The van der Waals surface area contributed by atoms with Gasteiger partial charge in [0.25, 0.3) is 0 Å². The number of amides is 1. The van der Waals surface area contributed by atoms with Crippen molar-refractivity contribution in [3.63, 3.8) is 0 Å². The number of hydrogen-bond acceptors (Lipinski definition) is 5. The molecule has 28 heavy (non-hydrogen) atoms. The fourth-order valence-corrected chi connectivity index (χ4v) is 4.03. The Labute approximate surface area is 166 Å². The summed E-state index contributed by atoms with van der Waals surface area (Å²) in [5.41, 5.74) is 1.29. The van der Waals surface area contributed by atoms with Gasteiger partial charge in [0.1, 0.15) is 11.0 Å². The summed E-state index contributed by atoms with van der Waals surface area (Å²) in [4.78, 5) is 25.2. The molecule has 0 bridgehead atoms. The molecule has 1 saturated carbocycles. The summed E-state index contributed by atoms with van der Waals surface area (Å²) in [6.45, 7) is 0. The van der Waals surface area contributed by atoms with E-state index in [9.17, 15) is 9.59 Å². The van der Waals surface area contributed by atoms with E-state index in [0.717, 1.165) is 24.2 Å². The smallest absolute Gasteiger partial charge is 0.344 e. The van der Waals surface area contributed by atoms with Crippen molar-refractivity contribution in [2.45, 2.75) is 29.3 Å². The molecule has 1 atom stereocenters. The molecule has 0 spiro atoms. The van der Waals surface area contributed by atoms with Gasteiger partial charge < -0.3 is 10.1 Å². The summed E-state index contributed by atoms with van der Waals surface area (Å²) >= 11 is 1.28. The first-order valence-electron chi connectivity index (χ1n) is 8.99. The van der Waals surface area contributed by atoms with Gasteiger partial charge in [-0.2, -0.15) is 0 Å². The van der Waals surface area contributed by atoms with Crippen molar-refractivity contribution < 1.29 is 9.53 Å². The predicted octanol–water partition coefficient (Wildman–Crippen LogP) is 3.39. The molecule has 3 aromatic rings. The van der Waals surface area contributed by atoms with Gasteiger partial charge >= 0.3 is 5.69 Å². The number of thioether (sulfide) groups is 1. The van der Waals surface area contributed by atoms with Crippen LogP contribution in [0.5, 0.6) is 5.75 Å². The first-order chi connectivity index (χ1) is 13.7. The molecule has 1 fully saturated rings. The van der Waals surface area contributed by atoms with Gasteiger partial charge in [-0.3, -0.25) is 9.36 Å². The van der Waals surface area contributed by atoms with Crippen LogP contribution >= 0.6 is 11.8 Å². The minimum absolute atomic E-state index is 0.176. The molecule has 144 valence electrons. The van der Waals surface area contributed by atoms with Crippen LogP contribution in [0, 0.1) is 0 Å². The zero-order chi connectivity index (χ0) is 19.5. The first kappa shape index (κ1) is 18.4. The van der Waals surface area contributed by atoms with Crippen molar-refractivity contribution in [2.75, 3.05) is 12.4 Å².